The van der Waals surface area contributed by atoms with Gasteiger partial charge in [-0.25, -0.2) is 9.18 Å². The van der Waals surface area contributed by atoms with Crippen molar-refractivity contribution in [1.29, 1.82) is 0 Å². The predicted octanol–water partition coefficient (Wildman–Crippen LogP) is 4.24. The zero-order valence-electron chi connectivity index (χ0n) is 20.1. The fourth-order valence-corrected chi connectivity index (χ4v) is 4.45. The molecule has 4 rings (SSSR count). The molecule has 35 heavy (non-hydrogen) atoms. The molecule has 9 heteroatoms. The van der Waals surface area contributed by atoms with Gasteiger partial charge >= 0.3 is 5.97 Å². The Hall–Kier alpha value is -2.24. The Bertz CT molecular complexity index is 1010. The molecule has 2 N–H and O–H groups in total. The number of halogens is 2. The summed E-state index contributed by atoms with van der Waals surface area (Å²) in [5, 5.41) is 12.3. The summed E-state index contributed by atoms with van der Waals surface area (Å²) >= 11 is 2.15. The van der Waals surface area contributed by atoms with Crippen molar-refractivity contribution >= 4 is 34.5 Å². The van der Waals surface area contributed by atoms with E-state index in [4.69, 9.17) is 14.6 Å². The smallest absolute Gasteiger partial charge is 0.338 e. The van der Waals surface area contributed by atoms with E-state index < -0.39 is 22.9 Å². The molecule has 0 bridgehead atoms. The van der Waals surface area contributed by atoms with Crippen LogP contribution in [-0.2, 0) is 15.1 Å². The van der Waals surface area contributed by atoms with Gasteiger partial charge in [0, 0.05) is 19.8 Å². The fraction of sp³-hybridized carbons (Fsp3) is 0.462. The zero-order valence-corrected chi connectivity index (χ0v) is 22.2. The maximum atomic E-state index is 14.3. The Morgan fingerprint density at radius 3 is 2.34 bits per heavy atom. The van der Waals surface area contributed by atoms with Crippen molar-refractivity contribution in [3.8, 4) is 5.75 Å². The van der Waals surface area contributed by atoms with Gasteiger partial charge in [-0.3, -0.25) is 9.69 Å². The highest BCUT2D eigenvalue weighted by Gasteiger charge is 2.51. The Balaban J connectivity index is 0.00000167. The van der Waals surface area contributed by atoms with E-state index >= 15 is 0 Å². The van der Waals surface area contributed by atoms with E-state index in [1.54, 1.807) is 6.07 Å². The molecule has 0 radical (unpaired) electrons. The molecule has 2 aliphatic rings. The molecular weight excluding hydrogens is 566 g/mol. The Kier molecular flexibility index (Phi) is 9.48. The molecule has 1 aliphatic carbocycles. The lowest BCUT2D eigenvalue weighted by Crippen LogP contribution is -2.62. The Morgan fingerprint density at radius 1 is 1.11 bits per heavy atom. The molecular formula is C26H32FIN2O5. The second-order valence-electron chi connectivity index (χ2n) is 8.76. The topological polar surface area (TPSA) is 88.1 Å². The number of para-hydroxylation sites is 1. The number of carboxylic acids is 1. The summed E-state index contributed by atoms with van der Waals surface area (Å²) < 4.78 is 25.7. The normalized spacial score (nSPS) is 17.6. The highest BCUT2D eigenvalue weighted by atomic mass is 127. The van der Waals surface area contributed by atoms with Crippen molar-refractivity contribution in [2.45, 2.75) is 36.8 Å². The molecule has 0 spiro atoms. The van der Waals surface area contributed by atoms with Crippen LogP contribution in [0.4, 0.5) is 4.39 Å². The van der Waals surface area contributed by atoms with Crippen molar-refractivity contribution < 1.29 is 28.6 Å². The van der Waals surface area contributed by atoms with Gasteiger partial charge in [0.1, 0.15) is 23.7 Å². The lowest BCUT2D eigenvalue weighted by molar-refractivity contribution is -0.140. The molecule has 2 fully saturated rings. The van der Waals surface area contributed by atoms with Gasteiger partial charge in [-0.1, -0.05) is 46.9 Å². The van der Waals surface area contributed by atoms with E-state index in [0.717, 1.165) is 5.75 Å². The highest BCUT2D eigenvalue weighted by molar-refractivity contribution is 14.1. The first-order valence-corrected chi connectivity index (χ1v) is 13.7. The van der Waals surface area contributed by atoms with Crippen LogP contribution in [0.5, 0.6) is 5.75 Å². The second kappa shape index (κ2) is 12.1. The van der Waals surface area contributed by atoms with Crippen LogP contribution < -0.4 is 10.1 Å². The third kappa shape index (κ3) is 6.31. The maximum absolute atomic E-state index is 14.3. The van der Waals surface area contributed by atoms with Crippen molar-refractivity contribution in [2.75, 3.05) is 38.3 Å². The van der Waals surface area contributed by atoms with E-state index in [2.05, 4.69) is 27.9 Å². The molecule has 0 aromatic heterocycles. The number of alkyl halides is 1. The summed E-state index contributed by atoms with van der Waals surface area (Å²) in [6, 6.07) is 13.6. The molecule has 1 aliphatic heterocycles. The minimum atomic E-state index is -1.31. The fourth-order valence-electron chi connectivity index (χ4n) is 4.45. The lowest BCUT2D eigenvalue weighted by atomic mass is 9.86. The summed E-state index contributed by atoms with van der Waals surface area (Å²) in [5.74, 6) is -1.45. The minimum Gasteiger partial charge on any atom is -0.492 e. The number of hydrogen-bond donors (Lipinski definition) is 2. The van der Waals surface area contributed by atoms with E-state index in [1.165, 1.54) is 12.1 Å². The van der Waals surface area contributed by atoms with Gasteiger partial charge in [-0.15, -0.1) is 0 Å². The van der Waals surface area contributed by atoms with Gasteiger partial charge in [-0.05, 0) is 67.5 Å². The van der Waals surface area contributed by atoms with Crippen molar-refractivity contribution in [1.82, 2.24) is 10.2 Å². The Morgan fingerprint density at radius 2 is 1.77 bits per heavy atom. The molecule has 0 unspecified atom stereocenters. The van der Waals surface area contributed by atoms with Gasteiger partial charge in [0.05, 0.1) is 11.1 Å². The minimum absolute atomic E-state index is 0.117. The average Bonchev–Trinajstić information content (AvgIpc) is 3.66. The molecule has 1 amide bonds. The third-order valence-electron chi connectivity index (χ3n) is 6.77. The highest BCUT2D eigenvalue weighted by Crippen LogP contribution is 2.46. The molecule has 190 valence electrons. The third-order valence-corrected chi connectivity index (χ3v) is 6.77. The number of hydrogen-bond acceptors (Lipinski definition) is 5. The number of ether oxygens (including phenoxy) is 2. The number of likely N-dealkylation sites (N-methyl/N-ethyl adjacent to an activating group) is 1. The maximum Gasteiger partial charge on any atom is 0.338 e. The summed E-state index contributed by atoms with van der Waals surface area (Å²) in [6.07, 6.45) is 2.45. The summed E-state index contributed by atoms with van der Waals surface area (Å²) in [4.78, 5) is 28.8. The number of nitrogens with one attached hydrogen (secondary N) is 1. The molecule has 2 aromatic carbocycles. The first-order chi connectivity index (χ1) is 16.9. The summed E-state index contributed by atoms with van der Waals surface area (Å²) in [5.41, 5.74) is -1.20. The van der Waals surface area contributed by atoms with Crippen LogP contribution in [0.15, 0.2) is 48.5 Å². The molecule has 1 saturated carbocycles. The van der Waals surface area contributed by atoms with Gasteiger partial charge in [0.25, 0.3) is 0 Å². The van der Waals surface area contributed by atoms with Gasteiger partial charge in [-0.2, -0.15) is 0 Å². The van der Waals surface area contributed by atoms with Crippen LogP contribution in [-0.4, -0.2) is 65.8 Å². The van der Waals surface area contributed by atoms with E-state index in [9.17, 15) is 14.0 Å². The summed E-state index contributed by atoms with van der Waals surface area (Å²) in [7, 11) is 1.92. The van der Waals surface area contributed by atoms with Gasteiger partial charge in [0.15, 0.2) is 0 Å². The number of aromatic carboxylic acids is 1. The monoisotopic (exact) mass is 598 g/mol. The van der Waals surface area contributed by atoms with Crippen molar-refractivity contribution in [3.05, 3.63) is 65.5 Å². The summed E-state index contributed by atoms with van der Waals surface area (Å²) in [6.45, 7) is 1.94. The number of rotatable bonds is 9. The van der Waals surface area contributed by atoms with Crippen LogP contribution in [0.3, 0.4) is 0 Å². The quantitative estimate of drug-likeness (QED) is 0.332. The van der Waals surface area contributed by atoms with Crippen molar-refractivity contribution in [3.63, 3.8) is 0 Å². The first-order valence-electron chi connectivity index (χ1n) is 11.6. The van der Waals surface area contributed by atoms with E-state index in [1.807, 2.05) is 47.2 Å². The van der Waals surface area contributed by atoms with Crippen LogP contribution >= 0.6 is 22.6 Å². The number of carbonyl (C=O) groups is 2. The SMILES string of the molecule is CI.CN(CCOc1ccccc1)C1(C(=O)NC2(c3ccc(C(=O)O)c(F)c3)CC2)CCOCC1. The second-order valence-corrected chi connectivity index (χ2v) is 8.76. The van der Waals surface area contributed by atoms with Crippen LogP contribution in [0, 0.1) is 5.82 Å². The van der Waals surface area contributed by atoms with Crippen LogP contribution in [0.25, 0.3) is 0 Å². The number of amides is 1. The first kappa shape index (κ1) is 27.3. The van der Waals surface area contributed by atoms with Crippen molar-refractivity contribution in [2.24, 2.45) is 0 Å². The molecule has 1 heterocycles. The van der Waals surface area contributed by atoms with Crippen LogP contribution in [0.1, 0.15) is 41.6 Å². The van der Waals surface area contributed by atoms with Gasteiger partial charge < -0.3 is 19.9 Å². The molecule has 0 atom stereocenters. The van der Waals surface area contributed by atoms with E-state index in [-0.39, 0.29) is 11.5 Å². The molecule has 2 aromatic rings. The zero-order chi connectivity index (χ0) is 25.5. The molecule has 1 saturated heterocycles. The van der Waals surface area contributed by atoms with Crippen LogP contribution in [0.2, 0.25) is 0 Å². The van der Waals surface area contributed by atoms with E-state index in [0.29, 0.717) is 57.6 Å². The van der Waals surface area contributed by atoms with Gasteiger partial charge in [0.2, 0.25) is 5.91 Å². The number of carbonyl (C=O) groups excluding carboxylic acids is 1. The Labute approximate surface area is 219 Å². The standard InChI is InChI=1S/C25H29FN2O5.CH3I/c1-28(13-16-33-19-5-3-2-4-6-19)25(11-14-32-15-12-25)23(31)27-24(9-10-24)18-7-8-20(22(29)30)21(26)17-18;1-2/h2-8,17H,9-16H2,1H3,(H,27,31)(H,29,30);1H3. The molecule has 7 nitrogen and oxygen atoms in total. The predicted molar refractivity (Wildman–Crippen MR) is 140 cm³/mol. The number of carboxylic acid groups (broad SMARTS) is 1. The average molecular weight is 598 g/mol. The number of benzene rings is 2. The lowest BCUT2D eigenvalue weighted by Gasteiger charge is -2.43. The number of nitrogens with zero attached hydrogens (tertiary/aromatic N) is 1. The largest absolute Gasteiger partial charge is 0.492 e.